The first-order valence-corrected chi connectivity index (χ1v) is 11.3. The van der Waals surface area contributed by atoms with Gasteiger partial charge in [0.05, 0.1) is 23.2 Å². The molecule has 0 bridgehead atoms. The molecule has 0 aromatic heterocycles. The lowest BCUT2D eigenvalue weighted by Gasteiger charge is -2.38. The van der Waals surface area contributed by atoms with E-state index >= 15 is 0 Å². The lowest BCUT2D eigenvalue weighted by Crippen LogP contribution is -2.47. The summed E-state index contributed by atoms with van der Waals surface area (Å²) < 4.78 is 0. The van der Waals surface area contributed by atoms with E-state index in [1.165, 1.54) is 16.7 Å². The highest BCUT2D eigenvalue weighted by Crippen LogP contribution is 2.64. The van der Waals surface area contributed by atoms with Crippen molar-refractivity contribution in [3.8, 4) is 6.07 Å². The molecule has 1 heterocycles. The van der Waals surface area contributed by atoms with Gasteiger partial charge in [0.25, 0.3) is 0 Å². The van der Waals surface area contributed by atoms with Crippen LogP contribution in [-0.2, 0) is 5.41 Å². The van der Waals surface area contributed by atoms with Crippen LogP contribution in [0, 0.1) is 16.7 Å². The van der Waals surface area contributed by atoms with E-state index in [2.05, 4.69) is 70.2 Å². The van der Waals surface area contributed by atoms with Gasteiger partial charge in [-0.2, -0.15) is 5.26 Å². The number of nitrogens with one attached hydrogen (secondary N) is 1. The van der Waals surface area contributed by atoms with Crippen LogP contribution in [0.15, 0.2) is 76.8 Å². The van der Waals surface area contributed by atoms with Crippen molar-refractivity contribution in [3.05, 3.63) is 94.1 Å². The van der Waals surface area contributed by atoms with Gasteiger partial charge < -0.3 is 0 Å². The molecule has 0 amide bonds. The van der Waals surface area contributed by atoms with Crippen molar-refractivity contribution in [3.63, 3.8) is 0 Å². The molecule has 1 fully saturated rings. The first-order valence-electron chi connectivity index (χ1n) is 11.3. The van der Waals surface area contributed by atoms with Crippen LogP contribution in [-0.4, -0.2) is 28.2 Å². The number of rotatable bonds is 3. The molecule has 32 heavy (non-hydrogen) atoms. The average Bonchev–Trinajstić information content (AvgIpc) is 3.31. The zero-order valence-electron chi connectivity index (χ0n) is 19.1. The third-order valence-corrected chi connectivity index (χ3v) is 7.61. The second-order valence-corrected chi connectivity index (χ2v) is 9.49. The Morgan fingerprint density at radius 2 is 1.91 bits per heavy atom. The molecule has 2 unspecified atom stereocenters. The molecule has 1 N–H and O–H groups in total. The maximum Gasteiger partial charge on any atom is 0.138 e. The van der Waals surface area contributed by atoms with Gasteiger partial charge in [0, 0.05) is 16.5 Å². The minimum Gasteiger partial charge on any atom is -0.300 e. The van der Waals surface area contributed by atoms with Gasteiger partial charge in [0.15, 0.2) is 0 Å². The molecule has 4 heteroatoms. The average molecular weight is 421 g/mol. The van der Waals surface area contributed by atoms with Gasteiger partial charge in [-0.05, 0) is 50.0 Å². The van der Waals surface area contributed by atoms with E-state index in [9.17, 15) is 10.7 Å². The number of fused-ring (bicyclic) bond motifs is 3. The van der Waals surface area contributed by atoms with Crippen molar-refractivity contribution in [2.45, 2.75) is 57.5 Å². The lowest BCUT2D eigenvalue weighted by atomic mass is 9.84. The van der Waals surface area contributed by atoms with E-state index in [0.29, 0.717) is 17.0 Å². The van der Waals surface area contributed by atoms with E-state index in [1.54, 1.807) is 6.07 Å². The standard InChI is InChI=1S/C28H28N4/c1-5-28-17-27(28,4)23-13-9-8-12-22(23)26(31-28)32(24-15-18(2)14-19(24)3)25(30)21-11-7-6-10-20(21)16-29/h6-15,24,30H,5,17H2,1-4H3/t24?,27?,28-/m0/s1. The number of amidine groups is 2. The van der Waals surface area contributed by atoms with Gasteiger partial charge in [-0.15, -0.1) is 0 Å². The van der Waals surface area contributed by atoms with Crippen molar-refractivity contribution in [1.29, 1.82) is 10.7 Å². The molecule has 0 spiro atoms. The highest BCUT2D eigenvalue weighted by molar-refractivity contribution is 6.16. The van der Waals surface area contributed by atoms with Gasteiger partial charge in [-0.25, -0.2) is 0 Å². The van der Waals surface area contributed by atoms with Gasteiger partial charge in [-0.1, -0.05) is 68.0 Å². The Labute approximate surface area is 190 Å². The maximum absolute atomic E-state index is 9.72. The first kappa shape index (κ1) is 20.5. The van der Waals surface area contributed by atoms with Crippen LogP contribution in [0.3, 0.4) is 0 Å². The molecule has 2 aromatic rings. The fourth-order valence-corrected chi connectivity index (χ4v) is 5.69. The monoisotopic (exact) mass is 420 g/mol. The van der Waals surface area contributed by atoms with E-state index in [4.69, 9.17) is 4.99 Å². The quantitative estimate of drug-likeness (QED) is 0.509. The molecule has 2 aliphatic carbocycles. The third-order valence-electron chi connectivity index (χ3n) is 7.61. The van der Waals surface area contributed by atoms with Gasteiger partial charge in [-0.3, -0.25) is 15.3 Å². The zero-order valence-corrected chi connectivity index (χ0v) is 19.1. The predicted octanol–water partition coefficient (Wildman–Crippen LogP) is 5.73. The van der Waals surface area contributed by atoms with Crippen molar-refractivity contribution in [2.75, 3.05) is 0 Å². The highest BCUT2D eigenvalue weighted by atomic mass is 15.3. The minimum absolute atomic E-state index is 0.0482. The third kappa shape index (κ3) is 2.74. The van der Waals surface area contributed by atoms with Crippen molar-refractivity contribution in [2.24, 2.45) is 4.99 Å². The fraction of sp³-hybridized carbons (Fsp3) is 0.321. The molecule has 0 saturated heterocycles. The number of allylic oxidation sites excluding steroid dienone is 2. The summed E-state index contributed by atoms with van der Waals surface area (Å²) in [6, 6.07) is 18.1. The van der Waals surface area contributed by atoms with Gasteiger partial charge in [0.1, 0.15) is 11.7 Å². The Morgan fingerprint density at radius 1 is 1.19 bits per heavy atom. The summed E-state index contributed by atoms with van der Waals surface area (Å²) in [5.41, 5.74) is 5.84. The van der Waals surface area contributed by atoms with Gasteiger partial charge >= 0.3 is 0 Å². The van der Waals surface area contributed by atoms with E-state index in [0.717, 1.165) is 24.2 Å². The molecule has 5 rings (SSSR count). The van der Waals surface area contributed by atoms with E-state index in [-0.39, 0.29) is 17.0 Å². The van der Waals surface area contributed by atoms with Crippen LogP contribution in [0.25, 0.3) is 0 Å². The number of hydrogen-bond acceptors (Lipinski definition) is 3. The number of nitriles is 1. The molecule has 4 nitrogen and oxygen atoms in total. The van der Waals surface area contributed by atoms with Crippen LogP contribution in [0.4, 0.5) is 0 Å². The van der Waals surface area contributed by atoms with Crippen molar-refractivity contribution >= 4 is 11.7 Å². The van der Waals surface area contributed by atoms with Crippen LogP contribution in [0.1, 0.15) is 62.8 Å². The Kier molecular flexibility index (Phi) is 4.49. The molecular formula is C28H28N4. The van der Waals surface area contributed by atoms with Crippen LogP contribution in [0.5, 0.6) is 0 Å². The largest absolute Gasteiger partial charge is 0.300 e. The molecule has 160 valence electrons. The minimum atomic E-state index is -0.126. The number of aliphatic imine (C=N–C) groups is 1. The lowest BCUT2D eigenvalue weighted by molar-refractivity contribution is 0.504. The van der Waals surface area contributed by atoms with E-state index < -0.39 is 0 Å². The van der Waals surface area contributed by atoms with Crippen molar-refractivity contribution < 1.29 is 0 Å². The second-order valence-electron chi connectivity index (χ2n) is 9.49. The smallest absolute Gasteiger partial charge is 0.138 e. The number of nitrogens with zero attached hydrogens (tertiary/aromatic N) is 3. The summed E-state index contributed by atoms with van der Waals surface area (Å²) in [6.07, 6.45) is 6.36. The van der Waals surface area contributed by atoms with Crippen LogP contribution >= 0.6 is 0 Å². The summed E-state index contributed by atoms with van der Waals surface area (Å²) in [6.45, 7) is 8.74. The van der Waals surface area contributed by atoms with Crippen LogP contribution < -0.4 is 0 Å². The SMILES string of the molecule is CC[C@]12CC1(C)c1ccccc1C(N(C(=N)c1ccccc1C#N)C1C=C(C)C=C1C)=N2. The maximum atomic E-state index is 9.72. The first-order chi connectivity index (χ1) is 15.3. The van der Waals surface area contributed by atoms with Crippen molar-refractivity contribution in [1.82, 2.24) is 4.90 Å². The summed E-state index contributed by atoms with van der Waals surface area (Å²) in [7, 11) is 0. The molecule has 3 atom stereocenters. The molecule has 3 aliphatic rings. The Hall–Kier alpha value is -3.45. The topological polar surface area (TPSA) is 63.2 Å². The number of benzene rings is 2. The second kappa shape index (κ2) is 7.03. The summed E-state index contributed by atoms with van der Waals surface area (Å²) in [4.78, 5) is 7.44. The molecule has 1 aliphatic heterocycles. The summed E-state index contributed by atoms with van der Waals surface area (Å²) in [5, 5.41) is 19.0. The number of hydrogen-bond donors (Lipinski definition) is 1. The van der Waals surface area contributed by atoms with Crippen LogP contribution in [0.2, 0.25) is 0 Å². The predicted molar refractivity (Wildman–Crippen MR) is 129 cm³/mol. The molecule has 1 saturated carbocycles. The Morgan fingerprint density at radius 3 is 2.59 bits per heavy atom. The van der Waals surface area contributed by atoms with E-state index in [1.807, 2.05) is 23.1 Å². The zero-order chi connectivity index (χ0) is 22.7. The van der Waals surface area contributed by atoms with Gasteiger partial charge in [0.2, 0.25) is 0 Å². The Bertz CT molecular complexity index is 1270. The summed E-state index contributed by atoms with van der Waals surface area (Å²) >= 11 is 0. The molecule has 2 aromatic carbocycles. The summed E-state index contributed by atoms with van der Waals surface area (Å²) in [5.74, 6) is 1.16. The highest BCUT2D eigenvalue weighted by Gasteiger charge is 2.67. The Balaban J connectivity index is 1.74. The molecular weight excluding hydrogens is 392 g/mol. The molecule has 0 radical (unpaired) electrons. The normalized spacial score (nSPS) is 27.3. The fourth-order valence-electron chi connectivity index (χ4n) is 5.69.